The third-order valence-electron chi connectivity index (χ3n) is 2.83. The first-order valence-corrected chi connectivity index (χ1v) is 5.30. The second-order valence-electron chi connectivity index (χ2n) is 3.91. The molecule has 1 saturated heterocycles. The topological polar surface area (TPSA) is 143 Å². The summed E-state index contributed by atoms with van der Waals surface area (Å²) >= 11 is 0. The highest BCUT2D eigenvalue weighted by Gasteiger charge is 2.48. The quantitative estimate of drug-likeness (QED) is 0.370. The van der Waals surface area contributed by atoms with Gasteiger partial charge >= 0.3 is 5.69 Å². The van der Waals surface area contributed by atoms with Gasteiger partial charge in [0.05, 0.1) is 6.61 Å². The van der Waals surface area contributed by atoms with Crippen molar-refractivity contribution in [3.05, 3.63) is 33.1 Å². The van der Waals surface area contributed by atoms with Gasteiger partial charge in [0.25, 0.3) is 5.56 Å². The van der Waals surface area contributed by atoms with Crippen molar-refractivity contribution in [2.75, 3.05) is 6.61 Å². The Morgan fingerprint density at radius 1 is 1.32 bits per heavy atom. The Kier molecular flexibility index (Phi) is 4.09. The number of rotatable bonds is 4. The molecule has 0 radical (unpaired) electrons. The van der Waals surface area contributed by atoms with Crippen LogP contribution >= 0.6 is 0 Å². The summed E-state index contributed by atoms with van der Waals surface area (Å²) in [5, 5.41) is 26.6. The minimum atomic E-state index is -1.26. The summed E-state index contributed by atoms with van der Waals surface area (Å²) in [6.07, 6.45) is -3.51. The Balaban J connectivity index is 2.38. The summed E-state index contributed by atoms with van der Waals surface area (Å²) in [5.41, 5.74) is -1.40. The van der Waals surface area contributed by atoms with Crippen molar-refractivity contribution < 1.29 is 30.1 Å². The maximum atomic E-state index is 11.6. The van der Waals surface area contributed by atoms with Gasteiger partial charge in [-0.15, -0.1) is 0 Å². The average Bonchev–Trinajstić information content (AvgIpc) is 2.76. The number of hydrogen-bond acceptors (Lipinski definition) is 8. The van der Waals surface area contributed by atoms with Crippen LogP contribution in [0.1, 0.15) is 6.23 Å². The van der Waals surface area contributed by atoms with Crippen molar-refractivity contribution >= 4 is 0 Å². The highest BCUT2D eigenvalue weighted by atomic mass is 17.1. The lowest BCUT2D eigenvalue weighted by atomic mass is 10.1. The van der Waals surface area contributed by atoms with Crippen LogP contribution in [0.5, 0.6) is 0 Å². The number of aromatic nitrogens is 2. The van der Waals surface area contributed by atoms with Gasteiger partial charge in [0.15, 0.2) is 18.4 Å². The minimum absolute atomic E-state index is 0.528. The predicted molar refractivity (Wildman–Crippen MR) is 57.3 cm³/mol. The number of H-pyrrole nitrogens is 1. The van der Waals surface area contributed by atoms with E-state index in [0.717, 1.165) is 16.8 Å². The van der Waals surface area contributed by atoms with Gasteiger partial charge < -0.3 is 9.84 Å². The van der Waals surface area contributed by atoms with Crippen molar-refractivity contribution in [2.24, 2.45) is 0 Å². The number of ether oxygens (including phenoxy) is 1. The molecule has 106 valence electrons. The van der Waals surface area contributed by atoms with Crippen molar-refractivity contribution in [1.82, 2.24) is 9.55 Å². The SMILES string of the molecule is O=c1ccn([C@H]2O[C@@H](CO)C(OO)C2OO)c(=O)[nH]1. The van der Waals surface area contributed by atoms with E-state index in [4.69, 9.17) is 20.4 Å². The van der Waals surface area contributed by atoms with Gasteiger partial charge in [-0.2, -0.15) is 0 Å². The zero-order valence-electron chi connectivity index (χ0n) is 9.50. The molecule has 1 aliphatic heterocycles. The summed E-state index contributed by atoms with van der Waals surface area (Å²) in [7, 11) is 0. The Labute approximate surface area is 105 Å². The highest BCUT2D eigenvalue weighted by molar-refractivity contribution is 4.93. The van der Waals surface area contributed by atoms with Gasteiger partial charge in [0.2, 0.25) is 0 Å². The van der Waals surface area contributed by atoms with Crippen LogP contribution in [0, 0.1) is 0 Å². The number of aromatic amines is 1. The fraction of sp³-hybridized carbons (Fsp3) is 0.556. The number of nitrogens with zero attached hydrogens (tertiary/aromatic N) is 1. The molecule has 2 unspecified atom stereocenters. The Morgan fingerprint density at radius 2 is 2.00 bits per heavy atom. The van der Waals surface area contributed by atoms with Crippen LogP contribution in [0.25, 0.3) is 0 Å². The molecule has 4 atom stereocenters. The molecular formula is C9H12N2O8. The number of hydrogen-bond donors (Lipinski definition) is 4. The lowest BCUT2D eigenvalue weighted by Crippen LogP contribution is -2.39. The molecule has 1 aromatic rings. The third kappa shape index (κ3) is 2.45. The van der Waals surface area contributed by atoms with Crippen molar-refractivity contribution in [3.8, 4) is 0 Å². The van der Waals surface area contributed by atoms with Gasteiger partial charge in [-0.25, -0.2) is 14.6 Å². The van der Waals surface area contributed by atoms with Gasteiger partial charge in [-0.3, -0.25) is 24.9 Å². The highest BCUT2D eigenvalue weighted by Crippen LogP contribution is 2.31. The maximum absolute atomic E-state index is 11.6. The van der Waals surface area contributed by atoms with E-state index in [2.05, 4.69) is 9.78 Å². The molecule has 19 heavy (non-hydrogen) atoms. The molecular weight excluding hydrogens is 264 g/mol. The first kappa shape index (κ1) is 13.9. The average molecular weight is 276 g/mol. The van der Waals surface area contributed by atoms with Crippen LogP contribution in [0.4, 0.5) is 0 Å². The van der Waals surface area contributed by atoms with Crippen LogP contribution < -0.4 is 11.2 Å². The molecule has 1 fully saturated rings. The molecule has 0 amide bonds. The van der Waals surface area contributed by atoms with Crippen LogP contribution in [0.2, 0.25) is 0 Å². The Morgan fingerprint density at radius 3 is 2.53 bits per heavy atom. The second kappa shape index (κ2) is 5.61. The zero-order valence-corrected chi connectivity index (χ0v) is 9.50. The van der Waals surface area contributed by atoms with E-state index >= 15 is 0 Å². The fourth-order valence-corrected chi connectivity index (χ4v) is 1.95. The molecule has 1 aliphatic rings. The van der Waals surface area contributed by atoms with E-state index < -0.39 is 42.4 Å². The lowest BCUT2D eigenvalue weighted by Gasteiger charge is -2.19. The van der Waals surface area contributed by atoms with Gasteiger partial charge in [0, 0.05) is 12.3 Å². The molecule has 4 N–H and O–H groups in total. The van der Waals surface area contributed by atoms with Crippen molar-refractivity contribution in [3.63, 3.8) is 0 Å². The molecule has 0 aliphatic carbocycles. The van der Waals surface area contributed by atoms with Gasteiger partial charge in [-0.1, -0.05) is 0 Å². The smallest absolute Gasteiger partial charge is 0.330 e. The van der Waals surface area contributed by atoms with Gasteiger partial charge in [0.1, 0.15) is 6.10 Å². The van der Waals surface area contributed by atoms with E-state index in [1.165, 1.54) is 0 Å². The summed E-state index contributed by atoms with van der Waals surface area (Å²) in [5.74, 6) is 0. The van der Waals surface area contributed by atoms with Crippen molar-refractivity contribution in [1.29, 1.82) is 0 Å². The largest absolute Gasteiger partial charge is 0.394 e. The van der Waals surface area contributed by atoms with E-state index in [1.807, 2.05) is 4.98 Å². The summed E-state index contributed by atoms with van der Waals surface area (Å²) in [4.78, 5) is 32.8. The fourth-order valence-electron chi connectivity index (χ4n) is 1.95. The van der Waals surface area contributed by atoms with E-state index in [1.54, 1.807) is 0 Å². The minimum Gasteiger partial charge on any atom is -0.394 e. The molecule has 0 saturated carbocycles. The molecule has 2 rings (SSSR count). The maximum Gasteiger partial charge on any atom is 0.330 e. The Bertz CT molecular complexity index is 540. The van der Waals surface area contributed by atoms with Crippen LogP contribution in [-0.4, -0.2) is 50.1 Å². The number of aliphatic hydroxyl groups is 1. The third-order valence-corrected chi connectivity index (χ3v) is 2.83. The number of nitrogens with one attached hydrogen (secondary N) is 1. The molecule has 10 nitrogen and oxygen atoms in total. The number of aliphatic hydroxyl groups excluding tert-OH is 1. The second-order valence-corrected chi connectivity index (χ2v) is 3.91. The van der Waals surface area contributed by atoms with Crippen molar-refractivity contribution in [2.45, 2.75) is 24.5 Å². The first-order chi connectivity index (χ1) is 9.12. The lowest BCUT2D eigenvalue weighted by molar-refractivity contribution is -0.354. The Hall–Kier alpha value is -1.56. The molecule has 2 heterocycles. The summed E-state index contributed by atoms with van der Waals surface area (Å²) in [6, 6.07) is 1.07. The summed E-state index contributed by atoms with van der Waals surface area (Å²) in [6.45, 7) is -0.528. The van der Waals surface area contributed by atoms with Crippen LogP contribution in [0.15, 0.2) is 21.9 Å². The standard InChI is InChI=1S/C9H12N2O8/c12-3-4-6(18-15)7(19-16)8(17-4)11-2-1-5(13)10-9(11)14/h1-2,4,6-8,12,15-16H,3H2,(H,10,13,14)/t4-,6?,7?,8-/m0/s1. The molecule has 0 aromatic carbocycles. The molecule has 0 bridgehead atoms. The van der Waals surface area contributed by atoms with Crippen LogP contribution in [0.3, 0.4) is 0 Å². The molecule has 1 aromatic heterocycles. The zero-order chi connectivity index (χ0) is 14.0. The molecule has 0 spiro atoms. The predicted octanol–water partition coefficient (Wildman–Crippen LogP) is -1.86. The van der Waals surface area contributed by atoms with E-state index in [0.29, 0.717) is 0 Å². The first-order valence-electron chi connectivity index (χ1n) is 5.30. The van der Waals surface area contributed by atoms with Crippen LogP contribution in [-0.2, 0) is 14.5 Å². The monoisotopic (exact) mass is 276 g/mol. The van der Waals surface area contributed by atoms with E-state index in [-0.39, 0.29) is 0 Å². The normalized spacial score (nSPS) is 30.7. The van der Waals surface area contributed by atoms with E-state index in [9.17, 15) is 9.59 Å². The van der Waals surface area contributed by atoms with Gasteiger partial charge in [-0.05, 0) is 0 Å². The summed E-state index contributed by atoms with van der Waals surface area (Å²) < 4.78 is 6.18. The molecule has 10 heteroatoms.